The van der Waals surface area contributed by atoms with Crippen LogP contribution in [0.1, 0.15) is 348 Å². The van der Waals surface area contributed by atoms with E-state index in [-0.39, 0.29) is 18.9 Å². The Balaban J connectivity index is 3.50. The monoisotopic (exact) mass is 932 g/mol. The molecule has 0 aliphatic heterocycles. The van der Waals surface area contributed by atoms with E-state index < -0.39 is 18.2 Å². The lowest BCUT2D eigenvalue weighted by Gasteiger charge is -2.21. The van der Waals surface area contributed by atoms with Crippen molar-refractivity contribution in [3.05, 3.63) is 12.2 Å². The Hall–Kier alpha value is -0.910. The van der Waals surface area contributed by atoms with Gasteiger partial charge in [-0.3, -0.25) is 4.79 Å². The van der Waals surface area contributed by atoms with Gasteiger partial charge in [-0.2, -0.15) is 0 Å². The van der Waals surface area contributed by atoms with Gasteiger partial charge in [-0.15, -0.1) is 0 Å². The fourth-order valence-electron chi connectivity index (χ4n) is 9.93. The summed E-state index contributed by atoms with van der Waals surface area (Å²) in [4.78, 5) is 12.5. The average molecular weight is 933 g/mol. The number of unbranched alkanes of at least 4 members (excludes halogenated alkanes) is 48. The topological polar surface area (TPSA) is 89.8 Å². The third-order valence-electron chi connectivity index (χ3n) is 14.6. The molecular formula is C61H121NO4. The van der Waals surface area contributed by atoms with E-state index in [2.05, 4.69) is 19.2 Å². The Bertz CT molecular complexity index is 940. The van der Waals surface area contributed by atoms with Crippen LogP contribution >= 0.6 is 0 Å². The number of hydrogen-bond donors (Lipinski definition) is 4. The number of hydrogen-bond acceptors (Lipinski definition) is 4. The fraction of sp³-hybridized carbons (Fsp3) is 0.951. The highest BCUT2D eigenvalue weighted by Crippen LogP contribution is 2.19. The third kappa shape index (κ3) is 52.5. The summed E-state index contributed by atoms with van der Waals surface area (Å²) >= 11 is 0. The van der Waals surface area contributed by atoms with Gasteiger partial charge in [-0.25, -0.2) is 0 Å². The summed E-state index contributed by atoms with van der Waals surface area (Å²) in [7, 11) is 0. The minimum Gasteiger partial charge on any atom is -0.394 e. The third-order valence-corrected chi connectivity index (χ3v) is 14.6. The van der Waals surface area contributed by atoms with Crippen LogP contribution in [0.2, 0.25) is 0 Å². The molecule has 394 valence electrons. The van der Waals surface area contributed by atoms with Crippen molar-refractivity contribution in [2.75, 3.05) is 6.61 Å². The van der Waals surface area contributed by atoms with Crippen molar-refractivity contribution in [1.29, 1.82) is 0 Å². The number of nitrogens with one attached hydrogen (secondary N) is 1. The molecule has 0 saturated carbocycles. The van der Waals surface area contributed by atoms with Gasteiger partial charge in [0.15, 0.2) is 0 Å². The summed E-state index contributed by atoms with van der Waals surface area (Å²) < 4.78 is 0. The van der Waals surface area contributed by atoms with E-state index in [1.807, 2.05) is 6.08 Å². The number of allylic oxidation sites excluding steroid dienone is 1. The standard InChI is InChI=1S/C61H121NO4/c1-3-5-7-9-11-13-15-17-19-21-23-25-27-28-29-30-31-33-34-36-38-40-42-44-46-48-50-52-54-58(64)56-61(66)62-59(57-63)60(65)55-53-51-49-47-45-43-41-39-37-35-32-26-24-22-20-18-16-14-12-10-8-6-4-2/h53,55,58-60,63-65H,3-52,54,56-57H2,1-2H3,(H,62,66)/b55-53+. The second-order valence-electron chi connectivity index (χ2n) is 21.3. The van der Waals surface area contributed by atoms with E-state index in [1.54, 1.807) is 6.08 Å². The Morgan fingerprint density at radius 3 is 0.879 bits per heavy atom. The Labute approximate surface area is 414 Å². The van der Waals surface area contributed by atoms with Crippen LogP contribution in [0.4, 0.5) is 0 Å². The normalized spacial score (nSPS) is 13.2. The first-order chi connectivity index (χ1) is 32.5. The molecule has 0 radical (unpaired) electrons. The first-order valence-corrected chi connectivity index (χ1v) is 30.5. The molecule has 3 atom stereocenters. The molecule has 0 aliphatic rings. The maximum absolute atomic E-state index is 12.5. The SMILES string of the molecule is CCCCCCCCCCCCCCCCCCCCCCC/C=C/C(O)C(CO)NC(=O)CC(O)CCCCCCCCCCCCCCCCCCCCCCCCCCCCCC. The summed E-state index contributed by atoms with van der Waals surface area (Å²) in [5, 5.41) is 33.5. The predicted octanol–water partition coefficient (Wildman–Crippen LogP) is 19.1. The van der Waals surface area contributed by atoms with Crippen molar-refractivity contribution < 1.29 is 20.1 Å². The quantitative estimate of drug-likeness (QED) is 0.0361. The van der Waals surface area contributed by atoms with Crippen LogP contribution in [0.3, 0.4) is 0 Å². The summed E-state index contributed by atoms with van der Waals surface area (Å²) in [5.41, 5.74) is 0. The molecule has 5 heteroatoms. The molecule has 4 N–H and O–H groups in total. The molecule has 0 aliphatic carbocycles. The van der Waals surface area contributed by atoms with Crippen molar-refractivity contribution in [1.82, 2.24) is 5.32 Å². The second-order valence-corrected chi connectivity index (χ2v) is 21.3. The highest BCUT2D eigenvalue weighted by atomic mass is 16.3. The Morgan fingerprint density at radius 1 is 0.379 bits per heavy atom. The van der Waals surface area contributed by atoms with Gasteiger partial charge >= 0.3 is 0 Å². The molecule has 0 fully saturated rings. The van der Waals surface area contributed by atoms with Crippen molar-refractivity contribution in [3.8, 4) is 0 Å². The van der Waals surface area contributed by atoms with Crippen LogP contribution < -0.4 is 5.32 Å². The van der Waals surface area contributed by atoms with Crippen LogP contribution in [0.5, 0.6) is 0 Å². The second kappa shape index (κ2) is 56.7. The lowest BCUT2D eigenvalue weighted by atomic mass is 10.0. The van der Waals surface area contributed by atoms with Crippen molar-refractivity contribution in [3.63, 3.8) is 0 Å². The molecule has 66 heavy (non-hydrogen) atoms. The van der Waals surface area contributed by atoms with Crippen LogP contribution in [0, 0.1) is 0 Å². The summed E-state index contributed by atoms with van der Waals surface area (Å²) in [6, 6.07) is -0.741. The van der Waals surface area contributed by atoms with Gasteiger partial charge in [-0.1, -0.05) is 334 Å². The van der Waals surface area contributed by atoms with Gasteiger partial charge in [0.25, 0.3) is 0 Å². The number of carbonyl (C=O) groups is 1. The molecule has 0 saturated heterocycles. The van der Waals surface area contributed by atoms with E-state index in [1.165, 1.54) is 295 Å². The van der Waals surface area contributed by atoms with Crippen LogP contribution in [0.25, 0.3) is 0 Å². The lowest BCUT2D eigenvalue weighted by Crippen LogP contribution is -2.45. The molecule has 0 bridgehead atoms. The predicted molar refractivity (Wildman–Crippen MR) is 292 cm³/mol. The number of aliphatic hydroxyl groups excluding tert-OH is 3. The molecule has 5 nitrogen and oxygen atoms in total. The smallest absolute Gasteiger partial charge is 0.222 e. The zero-order chi connectivity index (χ0) is 47.9. The number of carbonyl (C=O) groups excluding carboxylic acids is 1. The number of amides is 1. The van der Waals surface area contributed by atoms with Crippen LogP contribution in [-0.2, 0) is 4.79 Å². The maximum atomic E-state index is 12.5. The van der Waals surface area contributed by atoms with Gasteiger partial charge in [0.1, 0.15) is 0 Å². The highest BCUT2D eigenvalue weighted by Gasteiger charge is 2.20. The molecular weight excluding hydrogens is 811 g/mol. The lowest BCUT2D eigenvalue weighted by molar-refractivity contribution is -0.124. The van der Waals surface area contributed by atoms with E-state index in [4.69, 9.17) is 0 Å². The highest BCUT2D eigenvalue weighted by molar-refractivity contribution is 5.76. The van der Waals surface area contributed by atoms with Crippen molar-refractivity contribution in [2.24, 2.45) is 0 Å². The first-order valence-electron chi connectivity index (χ1n) is 30.5. The molecule has 0 heterocycles. The van der Waals surface area contributed by atoms with Gasteiger partial charge in [0.2, 0.25) is 5.91 Å². The molecule has 0 aromatic heterocycles. The molecule has 3 unspecified atom stereocenters. The van der Waals surface area contributed by atoms with Gasteiger partial charge in [-0.05, 0) is 19.3 Å². The van der Waals surface area contributed by atoms with Gasteiger partial charge < -0.3 is 20.6 Å². The largest absolute Gasteiger partial charge is 0.394 e. The minimum absolute atomic E-state index is 0.0197. The number of aliphatic hydroxyl groups is 3. The Morgan fingerprint density at radius 2 is 0.621 bits per heavy atom. The Kier molecular flexibility index (Phi) is 55.9. The van der Waals surface area contributed by atoms with Crippen molar-refractivity contribution >= 4 is 5.91 Å². The van der Waals surface area contributed by atoms with E-state index >= 15 is 0 Å². The molecule has 0 spiro atoms. The summed E-state index contributed by atoms with van der Waals surface area (Å²) in [6.07, 6.45) is 71.4. The summed E-state index contributed by atoms with van der Waals surface area (Å²) in [6.45, 7) is 4.26. The van der Waals surface area contributed by atoms with Gasteiger partial charge in [0, 0.05) is 0 Å². The van der Waals surface area contributed by atoms with E-state index in [0.29, 0.717) is 6.42 Å². The molecule has 0 aromatic carbocycles. The van der Waals surface area contributed by atoms with Crippen molar-refractivity contribution in [2.45, 2.75) is 366 Å². The van der Waals surface area contributed by atoms with E-state index in [0.717, 1.165) is 25.7 Å². The molecule has 0 rings (SSSR count). The van der Waals surface area contributed by atoms with Gasteiger partial charge in [0.05, 0.1) is 31.3 Å². The molecule has 1 amide bonds. The van der Waals surface area contributed by atoms with E-state index in [9.17, 15) is 20.1 Å². The average Bonchev–Trinajstić information content (AvgIpc) is 3.31. The number of rotatable bonds is 57. The summed E-state index contributed by atoms with van der Waals surface area (Å²) in [5.74, 6) is -0.307. The van der Waals surface area contributed by atoms with Crippen LogP contribution in [-0.4, -0.2) is 46.1 Å². The zero-order valence-electron chi connectivity index (χ0n) is 45.1. The first kappa shape index (κ1) is 65.1. The van der Waals surface area contributed by atoms with Crippen LogP contribution in [0.15, 0.2) is 12.2 Å². The molecule has 0 aromatic rings. The zero-order valence-corrected chi connectivity index (χ0v) is 45.1. The maximum Gasteiger partial charge on any atom is 0.222 e. The minimum atomic E-state index is -0.926. The fourth-order valence-corrected chi connectivity index (χ4v) is 9.93.